The smallest absolute Gasteiger partial charge is 0.352 e. The van der Waals surface area contributed by atoms with Gasteiger partial charge in [-0.25, -0.2) is 4.79 Å². The first-order chi connectivity index (χ1) is 9.79. The molecule has 3 nitrogen and oxygen atoms in total. The Morgan fingerprint density at radius 1 is 0.950 bits per heavy atom. The summed E-state index contributed by atoms with van der Waals surface area (Å²) in [5.74, 6) is -0.371. The maximum atomic E-state index is 11.8. The van der Waals surface area contributed by atoms with Gasteiger partial charge in [0.2, 0.25) is 0 Å². The fourth-order valence-corrected chi connectivity index (χ4v) is 1.87. The number of hydrogen-bond donors (Lipinski definition) is 0. The van der Waals surface area contributed by atoms with Crippen molar-refractivity contribution in [3.05, 3.63) is 71.8 Å². The highest BCUT2D eigenvalue weighted by Crippen LogP contribution is 2.05. The van der Waals surface area contributed by atoms with Crippen LogP contribution in [0.1, 0.15) is 11.1 Å². The number of hydrogen-bond acceptors (Lipinski definition) is 3. The third-order valence-corrected chi connectivity index (χ3v) is 2.93. The summed E-state index contributed by atoms with van der Waals surface area (Å²) in [5.41, 5.74) is 2.56. The minimum atomic E-state index is -0.371. The fourth-order valence-electron chi connectivity index (χ4n) is 1.87. The molecule has 0 fully saturated rings. The maximum absolute atomic E-state index is 11.8. The molecule has 0 saturated heterocycles. The van der Waals surface area contributed by atoms with E-state index in [1.807, 2.05) is 60.7 Å². The third kappa shape index (κ3) is 4.05. The van der Waals surface area contributed by atoms with Crippen LogP contribution in [0, 0.1) is 0 Å². The Balaban J connectivity index is 2.13. The monoisotopic (exact) mass is 267 g/mol. The van der Waals surface area contributed by atoms with Crippen LogP contribution in [0.15, 0.2) is 65.7 Å². The normalized spacial score (nSPS) is 11.2. The Bertz CT molecular complexity index is 576. The number of rotatable bonds is 5. The van der Waals surface area contributed by atoms with Crippen LogP contribution in [0.25, 0.3) is 0 Å². The standard InChI is InChI=1S/C17H17NO2/c1-20-17(19)16(12-14-8-4-2-5-9-14)18-13-15-10-6-3-7-11-15/h2-11H,12-13H2,1H3/b18-16+. The molecule has 2 aromatic carbocycles. The minimum Gasteiger partial charge on any atom is -0.465 e. The summed E-state index contributed by atoms with van der Waals surface area (Å²) < 4.78 is 4.80. The van der Waals surface area contributed by atoms with Crippen LogP contribution in [-0.2, 0) is 22.5 Å². The quantitative estimate of drug-likeness (QED) is 0.617. The molecule has 0 aliphatic carbocycles. The van der Waals surface area contributed by atoms with Crippen molar-refractivity contribution in [2.24, 2.45) is 4.99 Å². The average Bonchev–Trinajstić information content (AvgIpc) is 2.52. The molecule has 0 atom stereocenters. The van der Waals surface area contributed by atoms with E-state index in [0.717, 1.165) is 11.1 Å². The van der Waals surface area contributed by atoms with E-state index in [9.17, 15) is 4.79 Å². The molecule has 0 aliphatic rings. The number of benzene rings is 2. The molecular formula is C17H17NO2. The van der Waals surface area contributed by atoms with Gasteiger partial charge in [0.15, 0.2) is 0 Å². The molecule has 0 aromatic heterocycles. The van der Waals surface area contributed by atoms with Crippen molar-refractivity contribution < 1.29 is 9.53 Å². The predicted octanol–water partition coefficient (Wildman–Crippen LogP) is 3.04. The average molecular weight is 267 g/mol. The zero-order chi connectivity index (χ0) is 14.2. The first-order valence-electron chi connectivity index (χ1n) is 6.49. The van der Waals surface area contributed by atoms with Gasteiger partial charge in [0, 0.05) is 6.42 Å². The highest BCUT2D eigenvalue weighted by atomic mass is 16.5. The van der Waals surface area contributed by atoms with Gasteiger partial charge in [0.25, 0.3) is 0 Å². The van der Waals surface area contributed by atoms with Crippen LogP contribution in [0.4, 0.5) is 0 Å². The van der Waals surface area contributed by atoms with Crippen molar-refractivity contribution >= 4 is 11.7 Å². The van der Waals surface area contributed by atoms with Gasteiger partial charge < -0.3 is 4.74 Å². The second kappa shape index (κ2) is 7.24. The van der Waals surface area contributed by atoms with Crippen molar-refractivity contribution in [3.8, 4) is 0 Å². The van der Waals surface area contributed by atoms with Gasteiger partial charge >= 0.3 is 5.97 Å². The van der Waals surface area contributed by atoms with E-state index in [0.29, 0.717) is 18.7 Å². The Morgan fingerprint density at radius 2 is 1.50 bits per heavy atom. The summed E-state index contributed by atoms with van der Waals surface area (Å²) >= 11 is 0. The molecule has 3 heteroatoms. The lowest BCUT2D eigenvalue weighted by Crippen LogP contribution is -2.18. The van der Waals surface area contributed by atoms with Crippen molar-refractivity contribution in [1.29, 1.82) is 0 Å². The zero-order valence-electron chi connectivity index (χ0n) is 11.5. The van der Waals surface area contributed by atoms with Crippen LogP contribution in [0.2, 0.25) is 0 Å². The number of methoxy groups -OCH3 is 1. The van der Waals surface area contributed by atoms with Gasteiger partial charge in [0.1, 0.15) is 5.71 Å². The van der Waals surface area contributed by atoms with Crippen LogP contribution in [-0.4, -0.2) is 18.8 Å². The minimum absolute atomic E-state index is 0.371. The van der Waals surface area contributed by atoms with Crippen LogP contribution >= 0.6 is 0 Å². The lowest BCUT2D eigenvalue weighted by Gasteiger charge is -2.05. The van der Waals surface area contributed by atoms with Crippen molar-refractivity contribution in [2.45, 2.75) is 13.0 Å². The molecule has 0 spiro atoms. The number of carbonyl (C=O) groups excluding carboxylic acids is 1. The summed E-state index contributed by atoms with van der Waals surface area (Å²) in [6.07, 6.45) is 0.486. The fraction of sp³-hybridized carbons (Fsp3) is 0.176. The molecular weight excluding hydrogens is 250 g/mol. The van der Waals surface area contributed by atoms with Gasteiger partial charge in [0.05, 0.1) is 13.7 Å². The Morgan fingerprint density at radius 3 is 2.05 bits per heavy atom. The molecule has 0 bridgehead atoms. The third-order valence-electron chi connectivity index (χ3n) is 2.93. The molecule has 2 aromatic rings. The molecule has 0 unspecified atom stereocenters. The summed E-state index contributed by atoms with van der Waals surface area (Å²) in [7, 11) is 1.38. The molecule has 0 saturated carbocycles. The Kier molecular flexibility index (Phi) is 5.07. The van der Waals surface area contributed by atoms with E-state index in [1.165, 1.54) is 7.11 Å². The number of aliphatic imine (C=N–C) groups is 1. The number of carbonyl (C=O) groups is 1. The summed E-state index contributed by atoms with van der Waals surface area (Å²) in [4.78, 5) is 16.2. The molecule has 0 amide bonds. The largest absolute Gasteiger partial charge is 0.465 e. The van der Waals surface area contributed by atoms with Gasteiger partial charge in [-0.2, -0.15) is 0 Å². The van der Waals surface area contributed by atoms with Gasteiger partial charge in [-0.05, 0) is 11.1 Å². The Labute approximate surface area is 118 Å². The Hall–Kier alpha value is -2.42. The van der Waals surface area contributed by atoms with E-state index < -0.39 is 0 Å². The number of esters is 1. The molecule has 20 heavy (non-hydrogen) atoms. The maximum Gasteiger partial charge on any atom is 0.352 e. The topological polar surface area (TPSA) is 38.7 Å². The van der Waals surface area contributed by atoms with E-state index in [1.54, 1.807) is 0 Å². The van der Waals surface area contributed by atoms with E-state index in [2.05, 4.69) is 4.99 Å². The lowest BCUT2D eigenvalue weighted by atomic mass is 10.1. The van der Waals surface area contributed by atoms with Crippen molar-refractivity contribution in [2.75, 3.05) is 7.11 Å². The SMILES string of the molecule is COC(=O)/C(Cc1ccccc1)=N/Cc1ccccc1. The van der Waals surface area contributed by atoms with E-state index in [4.69, 9.17) is 4.74 Å². The first-order valence-corrected chi connectivity index (χ1v) is 6.49. The molecule has 0 aliphatic heterocycles. The zero-order valence-corrected chi connectivity index (χ0v) is 11.5. The summed E-state index contributed by atoms with van der Waals surface area (Å²) in [6, 6.07) is 19.6. The second-order valence-corrected chi connectivity index (χ2v) is 4.40. The number of nitrogens with zero attached hydrogens (tertiary/aromatic N) is 1. The summed E-state index contributed by atoms with van der Waals surface area (Å²) in [6.45, 7) is 0.484. The highest BCUT2D eigenvalue weighted by Gasteiger charge is 2.12. The first kappa shape index (κ1) is 14.0. The van der Waals surface area contributed by atoms with Gasteiger partial charge in [-0.15, -0.1) is 0 Å². The highest BCUT2D eigenvalue weighted by molar-refractivity contribution is 6.36. The van der Waals surface area contributed by atoms with Crippen LogP contribution in [0.3, 0.4) is 0 Å². The van der Waals surface area contributed by atoms with Crippen LogP contribution in [0.5, 0.6) is 0 Å². The molecule has 0 N–H and O–H groups in total. The molecule has 102 valence electrons. The molecule has 0 heterocycles. The summed E-state index contributed by atoms with van der Waals surface area (Å²) in [5, 5.41) is 0. The molecule has 2 rings (SSSR count). The van der Waals surface area contributed by atoms with Crippen molar-refractivity contribution in [1.82, 2.24) is 0 Å². The number of ether oxygens (including phenoxy) is 1. The molecule has 0 radical (unpaired) electrons. The predicted molar refractivity (Wildman–Crippen MR) is 79.7 cm³/mol. The van der Waals surface area contributed by atoms with Gasteiger partial charge in [-0.3, -0.25) is 4.99 Å². The lowest BCUT2D eigenvalue weighted by molar-refractivity contribution is -0.132. The van der Waals surface area contributed by atoms with E-state index >= 15 is 0 Å². The van der Waals surface area contributed by atoms with Crippen molar-refractivity contribution in [3.63, 3.8) is 0 Å². The van der Waals surface area contributed by atoms with Crippen LogP contribution < -0.4 is 0 Å². The van der Waals surface area contributed by atoms with E-state index in [-0.39, 0.29) is 5.97 Å². The second-order valence-electron chi connectivity index (χ2n) is 4.40. The van der Waals surface area contributed by atoms with Gasteiger partial charge in [-0.1, -0.05) is 60.7 Å².